The molecule has 0 saturated carbocycles. The van der Waals surface area contributed by atoms with Crippen LogP contribution in [0.4, 0.5) is 4.39 Å². The van der Waals surface area contributed by atoms with E-state index in [1.165, 1.54) is 6.07 Å². The largest absolute Gasteiger partial charge is 0.391 e. The number of aliphatic hydroxyl groups excluding tert-OH is 1. The molecule has 0 bridgehead atoms. The van der Waals surface area contributed by atoms with E-state index >= 15 is 0 Å². The summed E-state index contributed by atoms with van der Waals surface area (Å²) in [5.41, 5.74) is 6.11. The van der Waals surface area contributed by atoms with Crippen LogP contribution in [-0.4, -0.2) is 11.2 Å². The molecule has 0 spiro atoms. The molecule has 0 fully saturated rings. The zero-order valence-electron chi connectivity index (χ0n) is 8.28. The lowest BCUT2D eigenvalue weighted by molar-refractivity contribution is 0.139. The third-order valence-corrected chi connectivity index (χ3v) is 2.82. The molecule has 2 nitrogen and oxygen atoms in total. The van der Waals surface area contributed by atoms with Gasteiger partial charge in [0, 0.05) is 9.13 Å². The third-order valence-electron chi connectivity index (χ3n) is 2.15. The SMILES string of the molecule is CC[C@H](O)[C@H](N)c1cc(I)ccc1F.Cl. The van der Waals surface area contributed by atoms with Crippen molar-refractivity contribution < 1.29 is 9.50 Å². The lowest BCUT2D eigenvalue weighted by atomic mass is 10.0. The van der Waals surface area contributed by atoms with Crippen LogP contribution in [0.5, 0.6) is 0 Å². The summed E-state index contributed by atoms with van der Waals surface area (Å²) in [6.45, 7) is 1.82. The van der Waals surface area contributed by atoms with Crippen LogP contribution in [0.25, 0.3) is 0 Å². The van der Waals surface area contributed by atoms with Crippen LogP contribution in [0.3, 0.4) is 0 Å². The summed E-state index contributed by atoms with van der Waals surface area (Å²) in [6, 6.07) is 4.07. The minimum Gasteiger partial charge on any atom is -0.391 e. The van der Waals surface area contributed by atoms with E-state index in [2.05, 4.69) is 22.6 Å². The summed E-state index contributed by atoms with van der Waals surface area (Å²) in [5, 5.41) is 9.50. The van der Waals surface area contributed by atoms with E-state index in [1.807, 2.05) is 6.92 Å². The number of nitrogens with two attached hydrogens (primary N) is 1. The predicted molar refractivity (Wildman–Crippen MR) is 69.6 cm³/mol. The van der Waals surface area contributed by atoms with Crippen molar-refractivity contribution in [1.29, 1.82) is 0 Å². The van der Waals surface area contributed by atoms with Gasteiger partial charge in [-0.05, 0) is 47.2 Å². The molecule has 0 aliphatic heterocycles. The van der Waals surface area contributed by atoms with Crippen LogP contribution in [0, 0.1) is 9.39 Å². The van der Waals surface area contributed by atoms with E-state index in [4.69, 9.17) is 5.73 Å². The van der Waals surface area contributed by atoms with Crippen molar-refractivity contribution in [3.05, 3.63) is 33.1 Å². The predicted octanol–water partition coefficient (Wildman–Crippen LogP) is 2.62. The number of aliphatic hydroxyl groups is 1. The Bertz CT molecular complexity index is 324. The highest BCUT2D eigenvalue weighted by Crippen LogP contribution is 2.21. The lowest BCUT2D eigenvalue weighted by Gasteiger charge is -2.18. The fraction of sp³-hybridized carbons (Fsp3) is 0.400. The van der Waals surface area contributed by atoms with Gasteiger partial charge in [0.2, 0.25) is 0 Å². The molecule has 5 heteroatoms. The Morgan fingerprint density at radius 1 is 1.53 bits per heavy atom. The van der Waals surface area contributed by atoms with Gasteiger partial charge in [-0.1, -0.05) is 6.92 Å². The van der Waals surface area contributed by atoms with Crippen molar-refractivity contribution in [2.75, 3.05) is 0 Å². The average molecular weight is 346 g/mol. The van der Waals surface area contributed by atoms with Crippen LogP contribution >= 0.6 is 35.0 Å². The molecule has 0 aliphatic rings. The van der Waals surface area contributed by atoms with E-state index in [9.17, 15) is 9.50 Å². The molecule has 0 radical (unpaired) electrons. The van der Waals surface area contributed by atoms with Gasteiger partial charge in [-0.2, -0.15) is 0 Å². The molecule has 0 heterocycles. The molecule has 1 rings (SSSR count). The molecule has 0 amide bonds. The maximum Gasteiger partial charge on any atom is 0.128 e. The molecule has 0 aromatic heterocycles. The summed E-state index contributed by atoms with van der Waals surface area (Å²) in [7, 11) is 0. The van der Waals surface area contributed by atoms with Gasteiger partial charge in [0.05, 0.1) is 12.1 Å². The van der Waals surface area contributed by atoms with E-state index in [0.717, 1.165) is 3.57 Å². The molecule has 1 aromatic rings. The summed E-state index contributed by atoms with van der Waals surface area (Å²) >= 11 is 2.09. The minimum absolute atomic E-state index is 0. The van der Waals surface area contributed by atoms with Crippen LogP contribution in [0.1, 0.15) is 24.9 Å². The zero-order valence-corrected chi connectivity index (χ0v) is 11.3. The minimum atomic E-state index is -0.692. The Balaban J connectivity index is 0.00000196. The van der Waals surface area contributed by atoms with E-state index in [1.54, 1.807) is 12.1 Å². The molecule has 15 heavy (non-hydrogen) atoms. The van der Waals surface area contributed by atoms with Gasteiger partial charge in [0.25, 0.3) is 0 Å². The van der Waals surface area contributed by atoms with Gasteiger partial charge < -0.3 is 10.8 Å². The highest BCUT2D eigenvalue weighted by atomic mass is 127. The monoisotopic (exact) mass is 345 g/mol. The highest BCUT2D eigenvalue weighted by Gasteiger charge is 2.18. The topological polar surface area (TPSA) is 46.2 Å². The quantitative estimate of drug-likeness (QED) is 0.827. The summed E-state index contributed by atoms with van der Waals surface area (Å²) in [6.07, 6.45) is -0.172. The van der Waals surface area contributed by atoms with Gasteiger partial charge in [-0.25, -0.2) is 4.39 Å². The first-order valence-corrected chi connectivity index (χ1v) is 5.52. The Morgan fingerprint density at radius 2 is 2.13 bits per heavy atom. The first kappa shape index (κ1) is 15.1. The zero-order chi connectivity index (χ0) is 10.7. The second-order valence-electron chi connectivity index (χ2n) is 3.17. The van der Waals surface area contributed by atoms with E-state index < -0.39 is 12.1 Å². The van der Waals surface area contributed by atoms with Gasteiger partial charge in [-0.3, -0.25) is 0 Å². The Kier molecular flexibility index (Phi) is 6.66. The number of hydrogen-bond donors (Lipinski definition) is 2. The Hall–Kier alpha value is 0.0900. The van der Waals surface area contributed by atoms with Crippen molar-refractivity contribution >= 4 is 35.0 Å². The van der Waals surface area contributed by atoms with E-state index in [-0.39, 0.29) is 18.2 Å². The van der Waals surface area contributed by atoms with Gasteiger partial charge >= 0.3 is 0 Å². The molecule has 86 valence electrons. The normalized spacial score (nSPS) is 14.2. The highest BCUT2D eigenvalue weighted by molar-refractivity contribution is 14.1. The smallest absolute Gasteiger partial charge is 0.128 e. The molecular formula is C10H14ClFINO. The second-order valence-corrected chi connectivity index (χ2v) is 4.41. The summed E-state index contributed by atoms with van der Waals surface area (Å²) in [4.78, 5) is 0. The molecule has 1 aromatic carbocycles. The maximum atomic E-state index is 13.3. The van der Waals surface area contributed by atoms with Crippen LogP contribution in [0.2, 0.25) is 0 Å². The molecule has 0 saturated heterocycles. The number of rotatable bonds is 3. The van der Waals surface area contributed by atoms with Crippen LogP contribution in [-0.2, 0) is 0 Å². The molecule has 0 aliphatic carbocycles. The van der Waals surface area contributed by atoms with Crippen molar-refractivity contribution in [2.45, 2.75) is 25.5 Å². The molecule has 3 N–H and O–H groups in total. The molecular weight excluding hydrogens is 331 g/mol. The Morgan fingerprint density at radius 3 is 2.67 bits per heavy atom. The second kappa shape index (κ2) is 6.62. The van der Waals surface area contributed by atoms with Crippen molar-refractivity contribution in [3.63, 3.8) is 0 Å². The molecule has 2 atom stereocenters. The van der Waals surface area contributed by atoms with Gasteiger partial charge in [0.1, 0.15) is 5.82 Å². The van der Waals surface area contributed by atoms with Gasteiger partial charge in [-0.15, -0.1) is 12.4 Å². The third kappa shape index (κ3) is 3.86. The maximum absolute atomic E-state index is 13.3. The fourth-order valence-electron chi connectivity index (χ4n) is 1.23. The standard InChI is InChI=1S/C10H13FINO.ClH/c1-2-9(14)10(13)7-5-6(12)3-4-8(7)11;/h3-5,9-10,14H,2,13H2,1H3;1H/t9-,10+;/m0./s1. The van der Waals surface area contributed by atoms with Crippen molar-refractivity contribution in [2.24, 2.45) is 5.73 Å². The molecule has 0 unspecified atom stereocenters. The van der Waals surface area contributed by atoms with Crippen molar-refractivity contribution in [1.82, 2.24) is 0 Å². The summed E-state index contributed by atoms with van der Waals surface area (Å²) in [5.74, 6) is -0.356. The fourth-order valence-corrected chi connectivity index (χ4v) is 1.75. The average Bonchev–Trinajstić information content (AvgIpc) is 2.19. The van der Waals surface area contributed by atoms with Crippen LogP contribution in [0.15, 0.2) is 18.2 Å². The van der Waals surface area contributed by atoms with E-state index in [0.29, 0.717) is 12.0 Å². The summed E-state index contributed by atoms with van der Waals surface area (Å²) < 4.78 is 14.2. The number of hydrogen-bond acceptors (Lipinski definition) is 2. The number of benzene rings is 1. The van der Waals surface area contributed by atoms with Crippen LogP contribution < -0.4 is 5.73 Å². The Labute approximate surface area is 109 Å². The number of halogens is 3. The first-order chi connectivity index (χ1) is 6.56. The first-order valence-electron chi connectivity index (χ1n) is 4.44. The lowest BCUT2D eigenvalue weighted by Crippen LogP contribution is -2.26. The van der Waals surface area contributed by atoms with Crippen molar-refractivity contribution in [3.8, 4) is 0 Å². The van der Waals surface area contributed by atoms with Gasteiger partial charge in [0.15, 0.2) is 0 Å².